The summed E-state index contributed by atoms with van der Waals surface area (Å²) in [7, 11) is 0. The highest BCUT2D eigenvalue weighted by Gasteiger charge is 2.06. The zero-order chi connectivity index (χ0) is 13.9. The van der Waals surface area contributed by atoms with E-state index in [9.17, 15) is 5.11 Å². The van der Waals surface area contributed by atoms with Crippen molar-refractivity contribution < 1.29 is 5.11 Å². The molecule has 0 aliphatic heterocycles. The molecule has 0 saturated carbocycles. The van der Waals surface area contributed by atoms with Crippen LogP contribution in [0.1, 0.15) is 82.4 Å². The van der Waals surface area contributed by atoms with Gasteiger partial charge in [0.05, 0.1) is 6.10 Å². The van der Waals surface area contributed by atoms with Crippen LogP contribution in [0.5, 0.6) is 0 Å². The quantitative estimate of drug-likeness (QED) is 0.558. The number of rotatable bonds is 10. The molecule has 1 atom stereocenters. The van der Waals surface area contributed by atoms with Gasteiger partial charge in [0.2, 0.25) is 0 Å². The van der Waals surface area contributed by atoms with Crippen molar-refractivity contribution in [3.05, 3.63) is 35.4 Å². The number of aryl methyl sites for hydroxylation is 1. The Morgan fingerprint density at radius 2 is 1.47 bits per heavy atom. The first-order chi connectivity index (χ1) is 9.27. The molecule has 1 rings (SSSR count). The molecule has 19 heavy (non-hydrogen) atoms. The summed E-state index contributed by atoms with van der Waals surface area (Å²) in [5.41, 5.74) is 2.48. The van der Waals surface area contributed by atoms with Gasteiger partial charge in [-0.05, 0) is 30.4 Å². The molecule has 0 fully saturated rings. The maximum absolute atomic E-state index is 10.1. The maximum atomic E-state index is 10.1. The lowest BCUT2D eigenvalue weighted by molar-refractivity contribution is 0.163. The lowest BCUT2D eigenvalue weighted by atomic mass is 10.00. The third kappa shape index (κ3) is 6.77. The molecule has 0 aliphatic rings. The van der Waals surface area contributed by atoms with Crippen molar-refractivity contribution in [2.75, 3.05) is 0 Å². The molecule has 0 heterocycles. The third-order valence-electron chi connectivity index (χ3n) is 3.76. The standard InChI is InChI=1S/C18H30O/c1-3-5-7-9-10-16-12-14-17(15-13-16)18(19)11-8-6-4-2/h12-15,18-19H,3-11H2,1-2H3. The van der Waals surface area contributed by atoms with Gasteiger partial charge in [0.25, 0.3) is 0 Å². The molecule has 0 aliphatic carbocycles. The van der Waals surface area contributed by atoms with E-state index in [0.29, 0.717) is 0 Å². The van der Waals surface area contributed by atoms with Crippen LogP contribution in [0.25, 0.3) is 0 Å². The van der Waals surface area contributed by atoms with Crippen LogP contribution in [0.4, 0.5) is 0 Å². The number of aliphatic hydroxyl groups is 1. The lowest BCUT2D eigenvalue weighted by Gasteiger charge is -2.11. The second-order valence-electron chi connectivity index (χ2n) is 5.56. The summed E-state index contributed by atoms with van der Waals surface area (Å²) in [5, 5.41) is 10.1. The molecule has 1 unspecified atom stereocenters. The summed E-state index contributed by atoms with van der Waals surface area (Å²) in [5.74, 6) is 0. The molecular formula is C18H30O. The van der Waals surface area contributed by atoms with Gasteiger partial charge < -0.3 is 5.11 Å². The molecule has 0 bridgehead atoms. The Labute approximate surface area is 119 Å². The van der Waals surface area contributed by atoms with Crippen LogP contribution >= 0.6 is 0 Å². The largest absolute Gasteiger partial charge is 0.388 e. The van der Waals surface area contributed by atoms with Crippen LogP contribution in [0.15, 0.2) is 24.3 Å². The monoisotopic (exact) mass is 262 g/mol. The van der Waals surface area contributed by atoms with E-state index in [4.69, 9.17) is 0 Å². The maximum Gasteiger partial charge on any atom is 0.0790 e. The fourth-order valence-corrected chi connectivity index (χ4v) is 2.42. The summed E-state index contributed by atoms with van der Waals surface area (Å²) in [6, 6.07) is 8.58. The van der Waals surface area contributed by atoms with Crippen LogP contribution in [0, 0.1) is 0 Å². The average molecular weight is 262 g/mol. The van der Waals surface area contributed by atoms with E-state index in [2.05, 4.69) is 38.1 Å². The van der Waals surface area contributed by atoms with Crippen molar-refractivity contribution in [3.8, 4) is 0 Å². The smallest absolute Gasteiger partial charge is 0.0790 e. The Balaban J connectivity index is 2.33. The zero-order valence-corrected chi connectivity index (χ0v) is 12.7. The first-order valence-electron chi connectivity index (χ1n) is 8.04. The van der Waals surface area contributed by atoms with Gasteiger partial charge in [-0.25, -0.2) is 0 Å². The van der Waals surface area contributed by atoms with Gasteiger partial charge in [-0.2, -0.15) is 0 Å². The molecule has 0 saturated heterocycles. The van der Waals surface area contributed by atoms with Crippen LogP contribution in [0.2, 0.25) is 0 Å². The van der Waals surface area contributed by atoms with Crippen LogP contribution < -0.4 is 0 Å². The summed E-state index contributed by atoms with van der Waals surface area (Å²) in [6.07, 6.45) is 10.6. The van der Waals surface area contributed by atoms with Gasteiger partial charge in [-0.3, -0.25) is 0 Å². The summed E-state index contributed by atoms with van der Waals surface area (Å²) in [4.78, 5) is 0. The van der Waals surface area contributed by atoms with Crippen LogP contribution in [-0.4, -0.2) is 5.11 Å². The van der Waals surface area contributed by atoms with Crippen molar-refractivity contribution >= 4 is 0 Å². The first kappa shape index (κ1) is 16.2. The number of hydrogen-bond donors (Lipinski definition) is 1. The fourth-order valence-electron chi connectivity index (χ4n) is 2.42. The van der Waals surface area contributed by atoms with E-state index in [1.807, 2.05) is 0 Å². The van der Waals surface area contributed by atoms with E-state index >= 15 is 0 Å². The number of benzene rings is 1. The molecule has 0 amide bonds. The summed E-state index contributed by atoms with van der Waals surface area (Å²) >= 11 is 0. The van der Waals surface area contributed by atoms with E-state index in [0.717, 1.165) is 18.4 Å². The lowest BCUT2D eigenvalue weighted by Crippen LogP contribution is -1.97. The summed E-state index contributed by atoms with van der Waals surface area (Å²) in [6.45, 7) is 4.44. The highest BCUT2D eigenvalue weighted by atomic mass is 16.3. The Morgan fingerprint density at radius 1 is 0.842 bits per heavy atom. The van der Waals surface area contributed by atoms with E-state index in [1.54, 1.807) is 0 Å². The topological polar surface area (TPSA) is 20.2 Å². The second kappa shape index (κ2) is 10.0. The summed E-state index contributed by atoms with van der Waals surface area (Å²) < 4.78 is 0. The van der Waals surface area contributed by atoms with Gasteiger partial charge in [0, 0.05) is 0 Å². The van der Waals surface area contributed by atoms with Crippen molar-refractivity contribution in [2.24, 2.45) is 0 Å². The van der Waals surface area contributed by atoms with Crippen molar-refractivity contribution in [2.45, 2.75) is 77.7 Å². The van der Waals surface area contributed by atoms with Crippen molar-refractivity contribution in [1.29, 1.82) is 0 Å². The minimum atomic E-state index is -0.277. The predicted octanol–water partition coefficient (Wildman–Crippen LogP) is 5.42. The van der Waals surface area contributed by atoms with Gasteiger partial charge >= 0.3 is 0 Å². The van der Waals surface area contributed by atoms with Gasteiger partial charge in [0.15, 0.2) is 0 Å². The molecular weight excluding hydrogens is 232 g/mol. The molecule has 1 N–H and O–H groups in total. The van der Waals surface area contributed by atoms with Gasteiger partial charge in [-0.15, -0.1) is 0 Å². The highest BCUT2D eigenvalue weighted by Crippen LogP contribution is 2.20. The number of unbranched alkanes of at least 4 members (excludes halogenated alkanes) is 5. The Hall–Kier alpha value is -0.820. The fraction of sp³-hybridized carbons (Fsp3) is 0.667. The minimum Gasteiger partial charge on any atom is -0.388 e. The minimum absolute atomic E-state index is 0.277. The number of hydrogen-bond acceptors (Lipinski definition) is 1. The molecule has 0 aromatic heterocycles. The molecule has 1 aromatic rings. The molecule has 1 heteroatoms. The van der Waals surface area contributed by atoms with E-state index < -0.39 is 0 Å². The first-order valence-corrected chi connectivity index (χ1v) is 8.04. The Morgan fingerprint density at radius 3 is 2.11 bits per heavy atom. The van der Waals surface area contributed by atoms with Gasteiger partial charge in [-0.1, -0.05) is 76.6 Å². The average Bonchev–Trinajstić information content (AvgIpc) is 2.44. The van der Waals surface area contributed by atoms with E-state index in [1.165, 1.54) is 50.5 Å². The number of aliphatic hydroxyl groups excluding tert-OH is 1. The third-order valence-corrected chi connectivity index (χ3v) is 3.76. The van der Waals surface area contributed by atoms with Crippen molar-refractivity contribution in [1.82, 2.24) is 0 Å². The zero-order valence-electron chi connectivity index (χ0n) is 12.7. The normalized spacial score (nSPS) is 12.6. The van der Waals surface area contributed by atoms with Crippen LogP contribution in [-0.2, 0) is 6.42 Å². The molecule has 108 valence electrons. The predicted molar refractivity (Wildman–Crippen MR) is 83.4 cm³/mol. The van der Waals surface area contributed by atoms with Gasteiger partial charge in [0.1, 0.15) is 0 Å². The Kier molecular flexibility index (Phi) is 8.57. The molecule has 0 spiro atoms. The molecule has 1 aromatic carbocycles. The highest BCUT2D eigenvalue weighted by molar-refractivity contribution is 5.24. The SMILES string of the molecule is CCCCCCc1ccc(C(O)CCCCC)cc1. The Bertz CT molecular complexity index is 315. The van der Waals surface area contributed by atoms with Crippen molar-refractivity contribution in [3.63, 3.8) is 0 Å². The molecule has 0 radical (unpaired) electrons. The molecule has 1 nitrogen and oxygen atoms in total. The second-order valence-corrected chi connectivity index (χ2v) is 5.56. The van der Waals surface area contributed by atoms with E-state index in [-0.39, 0.29) is 6.10 Å². The van der Waals surface area contributed by atoms with Crippen LogP contribution in [0.3, 0.4) is 0 Å².